The highest BCUT2D eigenvalue weighted by molar-refractivity contribution is 7.18. The van der Waals surface area contributed by atoms with Crippen molar-refractivity contribution in [2.24, 2.45) is 5.73 Å². The van der Waals surface area contributed by atoms with Crippen LogP contribution >= 0.6 is 11.3 Å². The van der Waals surface area contributed by atoms with E-state index >= 15 is 0 Å². The number of methoxy groups -OCH3 is 1. The van der Waals surface area contributed by atoms with E-state index in [-0.39, 0.29) is 34.4 Å². The van der Waals surface area contributed by atoms with Crippen molar-refractivity contribution in [2.75, 3.05) is 19.0 Å². The first-order valence-electron chi connectivity index (χ1n) is 10.1. The molecule has 2 aromatic heterocycles. The van der Waals surface area contributed by atoms with Crippen LogP contribution in [0.15, 0.2) is 40.8 Å². The van der Waals surface area contributed by atoms with Crippen molar-refractivity contribution in [1.82, 2.24) is 0 Å². The summed E-state index contributed by atoms with van der Waals surface area (Å²) >= 11 is 0.911. The Kier molecular flexibility index (Phi) is 7.73. The Bertz CT molecular complexity index is 1170. The molecule has 0 radical (unpaired) electrons. The van der Waals surface area contributed by atoms with Gasteiger partial charge in [0.05, 0.1) is 24.2 Å². The number of amides is 2. The van der Waals surface area contributed by atoms with Gasteiger partial charge in [-0.25, -0.2) is 4.79 Å². The molecule has 0 aliphatic heterocycles. The van der Waals surface area contributed by atoms with Gasteiger partial charge in [0.25, 0.3) is 11.8 Å². The quantitative estimate of drug-likeness (QED) is 0.424. The molecule has 174 valence electrons. The third-order valence-corrected chi connectivity index (χ3v) is 5.77. The van der Waals surface area contributed by atoms with Gasteiger partial charge in [-0.2, -0.15) is 0 Å². The number of nitrogens with two attached hydrogens (primary N) is 1. The molecule has 3 N–H and O–H groups in total. The van der Waals surface area contributed by atoms with E-state index in [4.69, 9.17) is 24.4 Å². The van der Waals surface area contributed by atoms with E-state index in [0.717, 1.165) is 11.3 Å². The average molecular weight is 473 g/mol. The van der Waals surface area contributed by atoms with Crippen LogP contribution in [-0.4, -0.2) is 31.5 Å². The lowest BCUT2D eigenvalue weighted by Crippen LogP contribution is -2.15. The zero-order valence-corrected chi connectivity index (χ0v) is 19.2. The molecule has 33 heavy (non-hydrogen) atoms. The Labute approximate surface area is 194 Å². The molecular weight excluding hydrogens is 448 g/mol. The molecule has 0 unspecified atom stereocenters. The second-order valence-corrected chi connectivity index (χ2v) is 7.97. The molecule has 2 amide bonds. The summed E-state index contributed by atoms with van der Waals surface area (Å²) in [6.07, 6.45) is 0.631. The standard InChI is InChI=1S/C23H24N2O7S/c1-4-10-30-23(28)18-13(2)19(20(24)26)33-22(18)25-21(27)17-9-8-16(32-17)12-31-15-7-5-6-14(11-15)29-3/h5-9,11H,4,10,12H2,1-3H3,(H2,24,26)(H,25,27). The minimum absolute atomic E-state index is 0.0128. The molecule has 0 fully saturated rings. The Balaban J connectivity index is 1.73. The highest BCUT2D eigenvalue weighted by Crippen LogP contribution is 2.34. The zero-order chi connectivity index (χ0) is 24.0. The van der Waals surface area contributed by atoms with E-state index in [0.29, 0.717) is 29.2 Å². The predicted molar refractivity (Wildman–Crippen MR) is 122 cm³/mol. The average Bonchev–Trinajstić information content (AvgIpc) is 3.41. The van der Waals surface area contributed by atoms with E-state index in [1.807, 2.05) is 6.92 Å². The fourth-order valence-electron chi connectivity index (χ4n) is 2.94. The van der Waals surface area contributed by atoms with E-state index in [1.165, 1.54) is 6.07 Å². The number of rotatable bonds is 10. The molecule has 0 aliphatic rings. The maximum Gasteiger partial charge on any atom is 0.341 e. The van der Waals surface area contributed by atoms with E-state index < -0.39 is 17.8 Å². The van der Waals surface area contributed by atoms with Crippen molar-refractivity contribution < 1.29 is 33.0 Å². The van der Waals surface area contributed by atoms with Crippen LogP contribution in [0.1, 0.15) is 55.3 Å². The van der Waals surface area contributed by atoms with Gasteiger partial charge in [-0.05, 0) is 43.2 Å². The summed E-state index contributed by atoms with van der Waals surface area (Å²) in [6, 6.07) is 10.2. The number of ether oxygens (including phenoxy) is 3. The Hall–Kier alpha value is -3.79. The number of anilines is 1. The number of thiophene rings is 1. The van der Waals surface area contributed by atoms with E-state index in [2.05, 4.69) is 5.32 Å². The molecule has 10 heteroatoms. The molecule has 0 bridgehead atoms. The maximum atomic E-state index is 12.7. The van der Waals surface area contributed by atoms with Gasteiger partial charge >= 0.3 is 5.97 Å². The van der Waals surface area contributed by atoms with Crippen LogP contribution in [0.5, 0.6) is 11.5 Å². The number of nitrogens with one attached hydrogen (secondary N) is 1. The van der Waals surface area contributed by atoms with Crippen LogP contribution in [0.25, 0.3) is 0 Å². The molecule has 3 aromatic rings. The molecule has 9 nitrogen and oxygen atoms in total. The fourth-order valence-corrected chi connectivity index (χ4v) is 3.98. The lowest BCUT2D eigenvalue weighted by Gasteiger charge is -2.07. The zero-order valence-electron chi connectivity index (χ0n) is 18.4. The summed E-state index contributed by atoms with van der Waals surface area (Å²) in [6.45, 7) is 3.74. The Morgan fingerprint density at radius 1 is 1.15 bits per heavy atom. The summed E-state index contributed by atoms with van der Waals surface area (Å²) in [7, 11) is 1.56. The van der Waals surface area contributed by atoms with Crippen molar-refractivity contribution in [3.8, 4) is 11.5 Å². The van der Waals surface area contributed by atoms with Crippen molar-refractivity contribution in [3.63, 3.8) is 0 Å². The lowest BCUT2D eigenvalue weighted by atomic mass is 10.1. The van der Waals surface area contributed by atoms with Crippen molar-refractivity contribution >= 4 is 34.1 Å². The van der Waals surface area contributed by atoms with Crippen LogP contribution in [0.3, 0.4) is 0 Å². The summed E-state index contributed by atoms with van der Waals surface area (Å²) < 4.78 is 21.6. The molecule has 0 saturated heterocycles. The first-order valence-corrected chi connectivity index (χ1v) is 10.9. The van der Waals surface area contributed by atoms with Gasteiger partial charge in [0, 0.05) is 6.07 Å². The minimum atomic E-state index is -0.697. The van der Waals surface area contributed by atoms with Crippen molar-refractivity contribution in [3.05, 3.63) is 63.9 Å². The SMILES string of the molecule is CCCOC(=O)c1c(NC(=O)c2ccc(COc3cccc(OC)c3)o2)sc(C(N)=O)c1C. The molecule has 2 heterocycles. The summed E-state index contributed by atoms with van der Waals surface area (Å²) in [5.74, 6) is -0.256. The lowest BCUT2D eigenvalue weighted by molar-refractivity contribution is 0.0506. The van der Waals surface area contributed by atoms with Gasteiger partial charge in [0.2, 0.25) is 0 Å². The minimum Gasteiger partial charge on any atom is -0.497 e. The number of hydrogen-bond donors (Lipinski definition) is 2. The number of carbonyl (C=O) groups excluding carboxylic acids is 3. The fraction of sp³-hybridized carbons (Fsp3) is 0.261. The number of carbonyl (C=O) groups is 3. The topological polar surface area (TPSA) is 130 Å². The molecule has 0 atom stereocenters. The van der Waals surface area contributed by atoms with Gasteiger partial charge in [0.15, 0.2) is 5.76 Å². The highest BCUT2D eigenvalue weighted by Gasteiger charge is 2.26. The largest absolute Gasteiger partial charge is 0.497 e. The highest BCUT2D eigenvalue weighted by atomic mass is 32.1. The van der Waals surface area contributed by atoms with Crippen LogP contribution < -0.4 is 20.5 Å². The van der Waals surface area contributed by atoms with Crippen LogP contribution in [0.2, 0.25) is 0 Å². The summed E-state index contributed by atoms with van der Waals surface area (Å²) in [5, 5.41) is 2.79. The van der Waals surface area contributed by atoms with Crippen LogP contribution in [-0.2, 0) is 11.3 Å². The number of furan rings is 1. The molecule has 0 spiro atoms. The third-order valence-electron chi connectivity index (χ3n) is 4.55. The van der Waals surface area contributed by atoms with E-state index in [1.54, 1.807) is 44.4 Å². The molecule has 3 rings (SSSR count). The second kappa shape index (κ2) is 10.7. The van der Waals surface area contributed by atoms with Gasteiger partial charge in [-0.3, -0.25) is 9.59 Å². The first kappa shape index (κ1) is 23.9. The number of primary amides is 1. The van der Waals surface area contributed by atoms with Gasteiger partial charge in [0.1, 0.15) is 28.9 Å². The van der Waals surface area contributed by atoms with Crippen LogP contribution in [0, 0.1) is 6.92 Å². The summed E-state index contributed by atoms with van der Waals surface area (Å²) in [5.41, 5.74) is 5.87. The smallest absolute Gasteiger partial charge is 0.341 e. The number of esters is 1. The summed E-state index contributed by atoms with van der Waals surface area (Å²) in [4.78, 5) is 37.1. The Morgan fingerprint density at radius 2 is 1.91 bits per heavy atom. The number of hydrogen-bond acceptors (Lipinski definition) is 8. The van der Waals surface area contributed by atoms with E-state index in [9.17, 15) is 14.4 Å². The second-order valence-electron chi connectivity index (χ2n) is 6.95. The predicted octanol–water partition coefficient (Wildman–Crippen LogP) is 4.16. The van der Waals surface area contributed by atoms with Gasteiger partial charge in [-0.1, -0.05) is 13.0 Å². The van der Waals surface area contributed by atoms with Crippen molar-refractivity contribution in [1.29, 1.82) is 0 Å². The molecular formula is C23H24N2O7S. The van der Waals surface area contributed by atoms with Gasteiger partial charge in [-0.15, -0.1) is 11.3 Å². The first-order chi connectivity index (χ1) is 15.8. The van der Waals surface area contributed by atoms with Crippen LogP contribution in [0.4, 0.5) is 5.00 Å². The maximum absolute atomic E-state index is 12.7. The van der Waals surface area contributed by atoms with Gasteiger partial charge < -0.3 is 29.7 Å². The third kappa shape index (κ3) is 5.72. The molecule has 0 aliphatic carbocycles. The normalized spacial score (nSPS) is 10.5. The monoisotopic (exact) mass is 472 g/mol. The molecule has 1 aromatic carbocycles. The molecule has 0 saturated carbocycles. The van der Waals surface area contributed by atoms with Crippen molar-refractivity contribution in [2.45, 2.75) is 26.9 Å². The Morgan fingerprint density at radius 3 is 2.61 bits per heavy atom. The number of benzene rings is 1.